The molecule has 13 heavy (non-hydrogen) atoms. The molecule has 70 valence electrons. The molecule has 5 heteroatoms. The first kappa shape index (κ1) is 9.85. The molecule has 1 heterocycles. The predicted octanol–water partition coefficient (Wildman–Crippen LogP) is 1.20. The van der Waals surface area contributed by atoms with Crippen LogP contribution in [0.1, 0.15) is 21.7 Å². The van der Waals surface area contributed by atoms with Crippen LogP contribution in [-0.4, -0.2) is 23.2 Å². The van der Waals surface area contributed by atoms with E-state index in [4.69, 9.17) is 0 Å². The van der Waals surface area contributed by atoms with E-state index in [1.807, 2.05) is 0 Å². The van der Waals surface area contributed by atoms with Crippen molar-refractivity contribution in [2.45, 2.75) is 13.3 Å². The number of Topliss-reactive ketones (excluding diaryl/α,β-unsaturated/α-hetero) is 1. The van der Waals surface area contributed by atoms with Gasteiger partial charge < -0.3 is 4.74 Å². The van der Waals surface area contributed by atoms with E-state index in [1.54, 1.807) is 6.92 Å². The van der Waals surface area contributed by atoms with E-state index in [0.29, 0.717) is 5.56 Å². The molecular weight excluding hydrogens is 190 g/mol. The number of esters is 1. The summed E-state index contributed by atoms with van der Waals surface area (Å²) in [4.78, 5) is 23.0. The molecule has 0 radical (unpaired) electrons. The zero-order valence-electron chi connectivity index (χ0n) is 7.36. The number of methoxy groups -OCH3 is 1. The minimum Gasteiger partial charge on any atom is -0.469 e. The molecule has 1 aromatic rings. The highest BCUT2D eigenvalue weighted by Crippen LogP contribution is 2.13. The number of carbonyl (C=O) groups is 2. The monoisotopic (exact) mass is 199 g/mol. The molecule has 0 aromatic carbocycles. The normalized spacial score (nSPS) is 9.69. The van der Waals surface area contributed by atoms with Crippen LogP contribution in [0, 0.1) is 6.92 Å². The highest BCUT2D eigenvalue weighted by atomic mass is 32.1. The van der Waals surface area contributed by atoms with Gasteiger partial charge in [-0.1, -0.05) is 0 Å². The lowest BCUT2D eigenvalue weighted by molar-refractivity contribution is -0.139. The van der Waals surface area contributed by atoms with Crippen LogP contribution in [0.4, 0.5) is 0 Å². The molecule has 0 fully saturated rings. The van der Waals surface area contributed by atoms with Crippen LogP contribution >= 0.6 is 11.5 Å². The summed E-state index contributed by atoms with van der Waals surface area (Å²) in [5.41, 5.74) is 0.510. The summed E-state index contributed by atoms with van der Waals surface area (Å²) in [6.45, 7) is 1.79. The molecule has 0 bridgehead atoms. The molecule has 0 saturated heterocycles. The van der Waals surface area contributed by atoms with Gasteiger partial charge in [0.2, 0.25) is 0 Å². The maximum absolute atomic E-state index is 11.4. The third-order valence-electron chi connectivity index (χ3n) is 1.58. The third kappa shape index (κ3) is 2.35. The number of aryl methyl sites for hydroxylation is 1. The van der Waals surface area contributed by atoms with Crippen molar-refractivity contribution in [2.75, 3.05) is 7.11 Å². The molecule has 0 aliphatic carbocycles. The van der Waals surface area contributed by atoms with Crippen molar-refractivity contribution in [3.8, 4) is 0 Å². The van der Waals surface area contributed by atoms with Gasteiger partial charge in [0, 0.05) is 4.88 Å². The van der Waals surface area contributed by atoms with Crippen molar-refractivity contribution in [3.05, 3.63) is 16.6 Å². The molecule has 0 unspecified atom stereocenters. The average Bonchev–Trinajstić information content (AvgIpc) is 2.51. The zero-order chi connectivity index (χ0) is 9.84. The van der Waals surface area contributed by atoms with Crippen molar-refractivity contribution in [3.63, 3.8) is 0 Å². The van der Waals surface area contributed by atoms with Gasteiger partial charge in [-0.15, -0.1) is 0 Å². The minimum absolute atomic E-state index is 0.213. The van der Waals surface area contributed by atoms with E-state index in [1.165, 1.54) is 24.8 Å². The zero-order valence-corrected chi connectivity index (χ0v) is 8.18. The van der Waals surface area contributed by atoms with Gasteiger partial charge in [0.25, 0.3) is 0 Å². The first-order valence-corrected chi connectivity index (χ1v) is 4.43. The number of ketones is 1. The second kappa shape index (κ2) is 4.13. The summed E-state index contributed by atoms with van der Waals surface area (Å²) in [5.74, 6) is -0.756. The smallest absolute Gasteiger partial charge is 0.313 e. The third-order valence-corrected chi connectivity index (χ3v) is 2.29. The fraction of sp³-hybridized carbons (Fsp3) is 0.375. The van der Waals surface area contributed by atoms with Gasteiger partial charge in [0.15, 0.2) is 5.78 Å². The lowest BCUT2D eigenvalue weighted by Crippen LogP contribution is -2.09. The van der Waals surface area contributed by atoms with Crippen LogP contribution in [0.3, 0.4) is 0 Å². The Morgan fingerprint density at radius 3 is 2.77 bits per heavy atom. The van der Waals surface area contributed by atoms with Crippen LogP contribution < -0.4 is 0 Å². The fourth-order valence-electron chi connectivity index (χ4n) is 0.865. The Kier molecular flexibility index (Phi) is 3.13. The van der Waals surface area contributed by atoms with Gasteiger partial charge in [-0.25, -0.2) is 4.37 Å². The molecule has 0 amide bonds. The van der Waals surface area contributed by atoms with Gasteiger partial charge in [0.05, 0.1) is 18.9 Å². The highest BCUT2D eigenvalue weighted by Gasteiger charge is 2.15. The number of aromatic nitrogens is 1. The second-order valence-electron chi connectivity index (χ2n) is 2.47. The second-order valence-corrected chi connectivity index (χ2v) is 3.48. The molecule has 0 atom stereocenters. The highest BCUT2D eigenvalue weighted by molar-refractivity contribution is 7.06. The summed E-state index contributed by atoms with van der Waals surface area (Å²) in [7, 11) is 1.26. The maximum Gasteiger partial charge on any atom is 0.313 e. The van der Waals surface area contributed by atoms with E-state index in [-0.39, 0.29) is 12.2 Å². The summed E-state index contributed by atoms with van der Waals surface area (Å²) in [5, 5.41) is 0. The molecule has 1 aromatic heterocycles. The summed E-state index contributed by atoms with van der Waals surface area (Å²) < 4.78 is 8.23. The summed E-state index contributed by atoms with van der Waals surface area (Å²) in [6.07, 6.45) is 1.26. The Balaban J connectivity index is 2.69. The lowest BCUT2D eigenvalue weighted by Gasteiger charge is -1.97. The van der Waals surface area contributed by atoms with Crippen molar-refractivity contribution < 1.29 is 14.3 Å². The Bertz CT molecular complexity index is 332. The van der Waals surface area contributed by atoms with Crippen LogP contribution in [0.5, 0.6) is 0 Å². The Hall–Kier alpha value is -1.23. The average molecular weight is 199 g/mol. The molecular formula is C8H9NO3S. The van der Waals surface area contributed by atoms with E-state index in [9.17, 15) is 9.59 Å². The van der Waals surface area contributed by atoms with Crippen LogP contribution in [0.2, 0.25) is 0 Å². The SMILES string of the molecule is COC(=O)CC(=O)c1cnsc1C. The first-order valence-electron chi connectivity index (χ1n) is 3.66. The predicted molar refractivity (Wildman–Crippen MR) is 47.8 cm³/mol. The molecule has 0 spiro atoms. The number of ether oxygens (including phenoxy) is 1. The van der Waals surface area contributed by atoms with Crippen LogP contribution in [0.15, 0.2) is 6.20 Å². The lowest BCUT2D eigenvalue weighted by atomic mass is 10.1. The first-order chi connectivity index (χ1) is 6.15. The van der Waals surface area contributed by atoms with Crippen molar-refractivity contribution >= 4 is 23.3 Å². The van der Waals surface area contributed by atoms with Crippen molar-refractivity contribution in [2.24, 2.45) is 0 Å². The van der Waals surface area contributed by atoms with Crippen molar-refractivity contribution in [1.82, 2.24) is 4.37 Å². The van der Waals surface area contributed by atoms with Gasteiger partial charge in [-0.05, 0) is 18.5 Å². The number of rotatable bonds is 3. The van der Waals surface area contributed by atoms with Gasteiger partial charge in [-0.2, -0.15) is 0 Å². The van der Waals surface area contributed by atoms with E-state index in [0.717, 1.165) is 4.88 Å². The van der Waals surface area contributed by atoms with Gasteiger partial charge >= 0.3 is 5.97 Å². The molecule has 0 aliphatic heterocycles. The largest absolute Gasteiger partial charge is 0.469 e. The topological polar surface area (TPSA) is 56.3 Å². The molecule has 0 N–H and O–H groups in total. The number of nitrogens with zero attached hydrogens (tertiary/aromatic N) is 1. The van der Waals surface area contributed by atoms with E-state index in [2.05, 4.69) is 9.11 Å². The number of carbonyl (C=O) groups excluding carboxylic acids is 2. The fourth-order valence-corrected chi connectivity index (χ4v) is 1.45. The molecule has 0 saturated carbocycles. The van der Waals surface area contributed by atoms with E-state index >= 15 is 0 Å². The number of hydrogen-bond acceptors (Lipinski definition) is 5. The molecule has 0 aliphatic rings. The van der Waals surface area contributed by atoms with Crippen LogP contribution in [-0.2, 0) is 9.53 Å². The van der Waals surface area contributed by atoms with Crippen LogP contribution in [0.25, 0.3) is 0 Å². The van der Waals surface area contributed by atoms with E-state index < -0.39 is 5.97 Å². The maximum atomic E-state index is 11.4. The van der Waals surface area contributed by atoms with Gasteiger partial charge in [-0.3, -0.25) is 9.59 Å². The number of hydrogen-bond donors (Lipinski definition) is 0. The summed E-state index contributed by atoms with van der Waals surface area (Å²) in [6, 6.07) is 0. The van der Waals surface area contributed by atoms with Gasteiger partial charge in [0.1, 0.15) is 6.42 Å². The summed E-state index contributed by atoms with van der Waals surface area (Å²) >= 11 is 1.24. The Labute approximate surface area is 79.7 Å². The standard InChI is InChI=1S/C8H9NO3S/c1-5-6(4-9-13-5)7(10)3-8(11)12-2/h4H,3H2,1-2H3. The quantitative estimate of drug-likeness (QED) is 0.417. The minimum atomic E-state index is -0.518. The Morgan fingerprint density at radius 2 is 2.31 bits per heavy atom. The molecule has 4 nitrogen and oxygen atoms in total. The van der Waals surface area contributed by atoms with Crippen molar-refractivity contribution in [1.29, 1.82) is 0 Å². The molecule has 1 rings (SSSR count). The Morgan fingerprint density at radius 1 is 1.62 bits per heavy atom.